The third kappa shape index (κ3) is 4.23. The summed E-state index contributed by atoms with van der Waals surface area (Å²) in [6, 6.07) is 3.66. The number of carbonyl (C=O) groups is 1. The molecule has 0 aliphatic rings. The van der Waals surface area contributed by atoms with Crippen molar-refractivity contribution in [1.29, 1.82) is 0 Å². The first kappa shape index (κ1) is 12.4. The number of aromatic nitrogens is 1. The molecule has 0 saturated carbocycles. The number of aliphatic hydroxyl groups excluding tert-OH is 1. The highest BCUT2D eigenvalue weighted by molar-refractivity contribution is 5.92. The molecule has 4 nitrogen and oxygen atoms in total. The summed E-state index contributed by atoms with van der Waals surface area (Å²) in [6.07, 6.45) is 6.44. The van der Waals surface area contributed by atoms with Gasteiger partial charge in [0, 0.05) is 18.5 Å². The molecule has 0 unspecified atom stereocenters. The molecule has 0 bridgehead atoms. The summed E-state index contributed by atoms with van der Waals surface area (Å²) in [4.78, 5) is 15.4. The topological polar surface area (TPSA) is 62.2 Å². The summed E-state index contributed by atoms with van der Waals surface area (Å²) in [5, 5.41) is 11.7. The Kier molecular flexibility index (Phi) is 4.19. The Morgan fingerprint density at radius 3 is 2.94 bits per heavy atom. The molecule has 0 fully saturated rings. The zero-order valence-corrected chi connectivity index (χ0v) is 9.47. The Bertz CT molecular complexity index is 372. The molecule has 2 N–H and O–H groups in total. The fourth-order valence-corrected chi connectivity index (χ4v) is 1.06. The first-order valence-electron chi connectivity index (χ1n) is 5.05. The van der Waals surface area contributed by atoms with E-state index in [1.165, 1.54) is 6.08 Å². The highest BCUT2D eigenvalue weighted by Gasteiger charge is 2.17. The number of nitrogens with zero attached hydrogens (tertiary/aromatic N) is 1. The first-order chi connectivity index (χ1) is 7.53. The molecule has 1 rings (SSSR count). The predicted octanol–water partition coefficient (Wildman–Crippen LogP) is 0.982. The van der Waals surface area contributed by atoms with Gasteiger partial charge in [0.1, 0.15) is 0 Å². The van der Waals surface area contributed by atoms with Crippen molar-refractivity contribution in [3.63, 3.8) is 0 Å². The number of hydrogen-bond acceptors (Lipinski definition) is 3. The van der Waals surface area contributed by atoms with Crippen LogP contribution in [-0.2, 0) is 4.79 Å². The number of nitrogens with one attached hydrogen (secondary N) is 1. The lowest BCUT2D eigenvalue weighted by molar-refractivity contribution is -0.118. The van der Waals surface area contributed by atoms with Gasteiger partial charge < -0.3 is 10.4 Å². The molecule has 0 aliphatic heterocycles. The lowest BCUT2D eigenvalue weighted by Gasteiger charge is -2.22. The van der Waals surface area contributed by atoms with E-state index in [-0.39, 0.29) is 12.5 Å². The van der Waals surface area contributed by atoms with Crippen molar-refractivity contribution >= 4 is 12.0 Å². The number of rotatable bonds is 4. The van der Waals surface area contributed by atoms with Crippen LogP contribution in [0.25, 0.3) is 6.08 Å². The van der Waals surface area contributed by atoms with Crippen LogP contribution in [0, 0.1) is 0 Å². The summed E-state index contributed by atoms with van der Waals surface area (Å²) < 4.78 is 0. The van der Waals surface area contributed by atoms with E-state index >= 15 is 0 Å². The van der Waals surface area contributed by atoms with Crippen LogP contribution in [0.3, 0.4) is 0 Å². The lowest BCUT2D eigenvalue weighted by atomic mass is 10.1. The smallest absolute Gasteiger partial charge is 0.244 e. The molecule has 0 aromatic carbocycles. The fourth-order valence-electron chi connectivity index (χ4n) is 1.06. The van der Waals surface area contributed by atoms with Crippen molar-refractivity contribution in [3.8, 4) is 0 Å². The Hall–Kier alpha value is -1.68. The number of aliphatic hydroxyl groups is 1. The molecule has 16 heavy (non-hydrogen) atoms. The second-order valence-corrected chi connectivity index (χ2v) is 4.15. The van der Waals surface area contributed by atoms with E-state index in [1.807, 2.05) is 6.07 Å². The van der Waals surface area contributed by atoms with Crippen LogP contribution in [0.15, 0.2) is 30.6 Å². The highest BCUT2D eigenvalue weighted by Crippen LogP contribution is 2.01. The summed E-state index contributed by atoms with van der Waals surface area (Å²) in [7, 11) is 0. The van der Waals surface area contributed by atoms with E-state index in [9.17, 15) is 4.79 Å². The van der Waals surface area contributed by atoms with Gasteiger partial charge >= 0.3 is 0 Å². The molecule has 1 aromatic heterocycles. The molecule has 1 aromatic rings. The molecule has 0 atom stereocenters. The van der Waals surface area contributed by atoms with E-state index in [1.54, 1.807) is 38.4 Å². The van der Waals surface area contributed by atoms with Crippen LogP contribution in [0.5, 0.6) is 0 Å². The van der Waals surface area contributed by atoms with Crippen molar-refractivity contribution in [2.24, 2.45) is 0 Å². The van der Waals surface area contributed by atoms with E-state index in [2.05, 4.69) is 10.3 Å². The minimum Gasteiger partial charge on any atom is -0.394 e. The number of carbonyl (C=O) groups excluding carboxylic acids is 1. The van der Waals surface area contributed by atoms with Crippen LogP contribution in [-0.4, -0.2) is 28.1 Å². The van der Waals surface area contributed by atoms with Gasteiger partial charge in [-0.25, -0.2) is 0 Å². The lowest BCUT2D eigenvalue weighted by Crippen LogP contribution is -2.45. The minimum atomic E-state index is -0.601. The van der Waals surface area contributed by atoms with Crippen LogP contribution in [0.2, 0.25) is 0 Å². The molecule has 4 heteroatoms. The third-order valence-electron chi connectivity index (χ3n) is 1.97. The maximum absolute atomic E-state index is 11.5. The molecule has 0 aliphatic carbocycles. The van der Waals surface area contributed by atoms with Gasteiger partial charge in [0.25, 0.3) is 0 Å². The van der Waals surface area contributed by atoms with E-state index in [0.717, 1.165) is 5.56 Å². The number of hydrogen-bond donors (Lipinski definition) is 2. The van der Waals surface area contributed by atoms with Gasteiger partial charge in [-0.2, -0.15) is 0 Å². The summed E-state index contributed by atoms with van der Waals surface area (Å²) >= 11 is 0. The summed E-state index contributed by atoms with van der Waals surface area (Å²) in [5.41, 5.74) is 0.260. The van der Waals surface area contributed by atoms with E-state index < -0.39 is 5.54 Å². The quantitative estimate of drug-likeness (QED) is 0.744. The predicted molar refractivity (Wildman–Crippen MR) is 62.6 cm³/mol. The standard InChI is InChI=1S/C12H16N2O2/c1-12(2,9-15)14-11(16)6-5-10-4-3-7-13-8-10/h3-8,15H,9H2,1-2H3,(H,14,16)/b6-5+. The fraction of sp³-hybridized carbons (Fsp3) is 0.333. The van der Waals surface area contributed by atoms with Crippen molar-refractivity contribution in [1.82, 2.24) is 10.3 Å². The molecule has 86 valence electrons. The molecular weight excluding hydrogens is 204 g/mol. The number of pyridine rings is 1. The molecule has 0 radical (unpaired) electrons. The van der Waals surface area contributed by atoms with Gasteiger partial charge in [-0.05, 0) is 31.6 Å². The van der Waals surface area contributed by atoms with Gasteiger partial charge in [-0.3, -0.25) is 9.78 Å². The molecule has 1 amide bonds. The molecular formula is C12H16N2O2. The Labute approximate surface area is 95.0 Å². The van der Waals surface area contributed by atoms with Gasteiger partial charge in [-0.15, -0.1) is 0 Å². The Morgan fingerprint density at radius 1 is 1.62 bits per heavy atom. The van der Waals surface area contributed by atoms with Crippen LogP contribution < -0.4 is 5.32 Å². The summed E-state index contributed by atoms with van der Waals surface area (Å²) in [5.74, 6) is -0.233. The minimum absolute atomic E-state index is 0.0977. The third-order valence-corrected chi connectivity index (χ3v) is 1.97. The Morgan fingerprint density at radius 2 is 2.38 bits per heavy atom. The van der Waals surface area contributed by atoms with Crippen molar-refractivity contribution in [2.75, 3.05) is 6.61 Å². The second-order valence-electron chi connectivity index (χ2n) is 4.15. The maximum Gasteiger partial charge on any atom is 0.244 e. The number of amides is 1. The van der Waals surface area contributed by atoms with Crippen molar-refractivity contribution in [3.05, 3.63) is 36.2 Å². The molecule has 0 spiro atoms. The molecule has 1 heterocycles. The Balaban J connectivity index is 2.56. The molecule has 0 saturated heterocycles. The van der Waals surface area contributed by atoms with Gasteiger partial charge in [0.2, 0.25) is 5.91 Å². The first-order valence-corrected chi connectivity index (χ1v) is 5.05. The van der Waals surface area contributed by atoms with Crippen molar-refractivity contribution in [2.45, 2.75) is 19.4 Å². The average molecular weight is 220 g/mol. The van der Waals surface area contributed by atoms with Gasteiger partial charge in [-0.1, -0.05) is 6.07 Å². The maximum atomic E-state index is 11.5. The largest absolute Gasteiger partial charge is 0.394 e. The van der Waals surface area contributed by atoms with Crippen molar-refractivity contribution < 1.29 is 9.90 Å². The monoisotopic (exact) mass is 220 g/mol. The van der Waals surface area contributed by atoms with Crippen LogP contribution >= 0.6 is 0 Å². The van der Waals surface area contributed by atoms with Gasteiger partial charge in [0.05, 0.1) is 12.1 Å². The van der Waals surface area contributed by atoms with Gasteiger partial charge in [0.15, 0.2) is 0 Å². The normalized spacial score (nSPS) is 11.7. The zero-order chi connectivity index (χ0) is 12.0. The highest BCUT2D eigenvalue weighted by atomic mass is 16.3. The van der Waals surface area contributed by atoms with Crippen LogP contribution in [0.4, 0.5) is 0 Å². The summed E-state index contributed by atoms with van der Waals surface area (Å²) in [6.45, 7) is 3.41. The average Bonchev–Trinajstić information content (AvgIpc) is 2.27. The van der Waals surface area contributed by atoms with Crippen LogP contribution in [0.1, 0.15) is 19.4 Å². The van der Waals surface area contributed by atoms with E-state index in [0.29, 0.717) is 0 Å². The van der Waals surface area contributed by atoms with E-state index in [4.69, 9.17) is 5.11 Å². The SMILES string of the molecule is CC(C)(CO)NC(=O)/C=C/c1cccnc1. The second kappa shape index (κ2) is 5.42. The zero-order valence-electron chi connectivity index (χ0n) is 9.47.